The van der Waals surface area contributed by atoms with Crippen molar-refractivity contribution in [2.24, 2.45) is 11.7 Å². The summed E-state index contributed by atoms with van der Waals surface area (Å²) in [6.45, 7) is 4.80. The van der Waals surface area contributed by atoms with Gasteiger partial charge in [-0.05, 0) is 18.6 Å². The van der Waals surface area contributed by atoms with Crippen LogP contribution in [0, 0.1) is 5.92 Å². The monoisotopic (exact) mass is 218 g/mol. The van der Waals surface area contributed by atoms with Gasteiger partial charge in [0.1, 0.15) is 0 Å². The van der Waals surface area contributed by atoms with Crippen LogP contribution in [0.1, 0.15) is 26.7 Å². The molecule has 0 aliphatic rings. The number of nitrogens with one attached hydrogen (secondary N) is 1. The highest BCUT2D eigenvalue weighted by Gasteiger charge is 2.11. The van der Waals surface area contributed by atoms with E-state index in [9.17, 15) is 4.79 Å². The van der Waals surface area contributed by atoms with Gasteiger partial charge in [-0.25, -0.2) is 0 Å². The summed E-state index contributed by atoms with van der Waals surface area (Å²) in [5, 5.41) is 2.96. The van der Waals surface area contributed by atoms with Gasteiger partial charge in [0, 0.05) is 24.8 Å². The first kappa shape index (κ1) is 13.8. The lowest BCUT2D eigenvalue weighted by Crippen LogP contribution is -2.41. The Labute approximate surface area is 91.2 Å². The Kier molecular flexibility index (Phi) is 7.99. The molecule has 0 saturated heterocycles. The lowest BCUT2D eigenvalue weighted by atomic mass is 10.0. The molecule has 0 aliphatic carbocycles. The predicted octanol–water partition coefficient (Wildman–Crippen LogP) is 1.23. The Balaban J connectivity index is 3.74. The Morgan fingerprint density at radius 3 is 2.57 bits per heavy atom. The summed E-state index contributed by atoms with van der Waals surface area (Å²) in [6, 6.07) is 0.143. The van der Waals surface area contributed by atoms with Gasteiger partial charge in [0.25, 0.3) is 0 Å². The van der Waals surface area contributed by atoms with Crippen molar-refractivity contribution in [2.45, 2.75) is 32.7 Å². The third-order valence-electron chi connectivity index (χ3n) is 1.94. The van der Waals surface area contributed by atoms with Crippen LogP contribution in [0.5, 0.6) is 0 Å². The average molecular weight is 218 g/mol. The van der Waals surface area contributed by atoms with Gasteiger partial charge in [-0.15, -0.1) is 0 Å². The molecule has 0 bridgehead atoms. The molecule has 0 spiro atoms. The van der Waals surface area contributed by atoms with E-state index in [1.54, 1.807) is 11.8 Å². The zero-order chi connectivity index (χ0) is 11.0. The molecule has 0 saturated carbocycles. The first-order valence-electron chi connectivity index (χ1n) is 5.08. The van der Waals surface area contributed by atoms with Crippen LogP contribution in [0.15, 0.2) is 0 Å². The molecule has 1 unspecified atom stereocenters. The van der Waals surface area contributed by atoms with E-state index in [0.717, 1.165) is 12.2 Å². The van der Waals surface area contributed by atoms with Gasteiger partial charge in [-0.3, -0.25) is 4.79 Å². The molecule has 3 N–H and O–H groups in total. The molecule has 0 fully saturated rings. The van der Waals surface area contributed by atoms with E-state index in [1.807, 2.05) is 6.26 Å². The minimum absolute atomic E-state index is 0.121. The third-order valence-corrected chi connectivity index (χ3v) is 2.55. The molecule has 1 atom stereocenters. The van der Waals surface area contributed by atoms with Gasteiger partial charge < -0.3 is 11.1 Å². The number of nitrogens with two attached hydrogens (primary N) is 1. The van der Waals surface area contributed by atoms with Crippen molar-refractivity contribution in [1.29, 1.82) is 0 Å². The van der Waals surface area contributed by atoms with E-state index in [4.69, 9.17) is 5.73 Å². The molecule has 0 radical (unpaired) electrons. The lowest BCUT2D eigenvalue weighted by Gasteiger charge is -2.18. The molecule has 4 heteroatoms. The first-order valence-corrected chi connectivity index (χ1v) is 6.47. The maximum Gasteiger partial charge on any atom is 0.221 e. The van der Waals surface area contributed by atoms with Crippen LogP contribution in [-0.2, 0) is 4.79 Å². The van der Waals surface area contributed by atoms with Crippen LogP contribution < -0.4 is 11.1 Å². The summed E-state index contributed by atoms with van der Waals surface area (Å²) in [6.07, 6.45) is 3.55. The molecule has 84 valence electrons. The van der Waals surface area contributed by atoms with E-state index >= 15 is 0 Å². The van der Waals surface area contributed by atoms with E-state index in [2.05, 4.69) is 19.2 Å². The van der Waals surface area contributed by atoms with Crippen molar-refractivity contribution in [3.8, 4) is 0 Å². The number of amides is 1. The second kappa shape index (κ2) is 8.12. The molecule has 14 heavy (non-hydrogen) atoms. The molecule has 0 aromatic carbocycles. The quantitative estimate of drug-likeness (QED) is 0.676. The number of hydrogen-bond donors (Lipinski definition) is 2. The van der Waals surface area contributed by atoms with Gasteiger partial charge in [-0.2, -0.15) is 11.8 Å². The van der Waals surface area contributed by atoms with Crippen molar-refractivity contribution in [3.63, 3.8) is 0 Å². The Morgan fingerprint density at radius 2 is 2.14 bits per heavy atom. The minimum atomic E-state index is 0.121. The minimum Gasteiger partial charge on any atom is -0.352 e. The highest BCUT2D eigenvalue weighted by molar-refractivity contribution is 7.98. The largest absolute Gasteiger partial charge is 0.352 e. The molecule has 3 nitrogen and oxygen atoms in total. The number of carbonyl (C=O) groups is 1. The Hall–Kier alpha value is -0.220. The SMILES string of the molecule is CSCCC(=O)NC(CN)CC(C)C. The topological polar surface area (TPSA) is 55.1 Å². The smallest absolute Gasteiger partial charge is 0.221 e. The summed E-state index contributed by atoms with van der Waals surface area (Å²) in [5.41, 5.74) is 5.58. The van der Waals surface area contributed by atoms with Gasteiger partial charge >= 0.3 is 0 Å². The van der Waals surface area contributed by atoms with Crippen molar-refractivity contribution < 1.29 is 4.79 Å². The zero-order valence-corrected chi connectivity index (χ0v) is 10.2. The molecule has 0 heterocycles. The van der Waals surface area contributed by atoms with Crippen molar-refractivity contribution in [2.75, 3.05) is 18.6 Å². The van der Waals surface area contributed by atoms with Crippen molar-refractivity contribution in [3.05, 3.63) is 0 Å². The van der Waals surface area contributed by atoms with Crippen molar-refractivity contribution >= 4 is 17.7 Å². The van der Waals surface area contributed by atoms with Crippen LogP contribution in [-0.4, -0.2) is 30.5 Å². The Morgan fingerprint density at radius 1 is 1.50 bits per heavy atom. The van der Waals surface area contributed by atoms with E-state index in [-0.39, 0.29) is 11.9 Å². The van der Waals surface area contributed by atoms with Gasteiger partial charge in [0.15, 0.2) is 0 Å². The van der Waals surface area contributed by atoms with Crippen LogP contribution in [0.2, 0.25) is 0 Å². The summed E-state index contributed by atoms with van der Waals surface area (Å²) >= 11 is 1.69. The lowest BCUT2D eigenvalue weighted by molar-refractivity contribution is -0.121. The fourth-order valence-electron chi connectivity index (χ4n) is 1.28. The number of carbonyl (C=O) groups excluding carboxylic acids is 1. The summed E-state index contributed by atoms with van der Waals surface area (Å²) in [5.74, 6) is 1.57. The first-order chi connectivity index (χ1) is 6.60. The second-order valence-corrected chi connectivity index (χ2v) is 4.86. The van der Waals surface area contributed by atoms with Crippen LogP contribution in [0.3, 0.4) is 0 Å². The van der Waals surface area contributed by atoms with Crippen LogP contribution >= 0.6 is 11.8 Å². The maximum absolute atomic E-state index is 11.4. The number of rotatable bonds is 7. The fourth-order valence-corrected chi connectivity index (χ4v) is 1.67. The number of hydrogen-bond acceptors (Lipinski definition) is 3. The highest BCUT2D eigenvalue weighted by atomic mass is 32.2. The van der Waals surface area contributed by atoms with E-state index in [0.29, 0.717) is 18.9 Å². The summed E-state index contributed by atoms with van der Waals surface area (Å²) in [7, 11) is 0. The molecule has 1 amide bonds. The maximum atomic E-state index is 11.4. The second-order valence-electron chi connectivity index (χ2n) is 3.87. The molecule has 0 rings (SSSR count). The van der Waals surface area contributed by atoms with Gasteiger partial charge in [-0.1, -0.05) is 13.8 Å². The molecule has 0 aliphatic heterocycles. The summed E-state index contributed by atoms with van der Waals surface area (Å²) < 4.78 is 0. The average Bonchev–Trinajstić information content (AvgIpc) is 2.12. The number of thioether (sulfide) groups is 1. The standard InChI is InChI=1S/C10H22N2OS/c1-8(2)6-9(7-11)12-10(13)4-5-14-3/h8-9H,4-7,11H2,1-3H3,(H,12,13). The molecular formula is C10H22N2OS. The molecule has 0 aromatic heterocycles. The van der Waals surface area contributed by atoms with E-state index in [1.165, 1.54) is 0 Å². The predicted molar refractivity (Wildman–Crippen MR) is 63.4 cm³/mol. The van der Waals surface area contributed by atoms with Crippen LogP contribution in [0.25, 0.3) is 0 Å². The highest BCUT2D eigenvalue weighted by Crippen LogP contribution is 2.04. The molecule has 0 aromatic rings. The Bertz CT molecular complexity index is 162. The van der Waals surface area contributed by atoms with E-state index < -0.39 is 0 Å². The zero-order valence-electron chi connectivity index (χ0n) is 9.38. The normalized spacial score (nSPS) is 12.9. The fraction of sp³-hybridized carbons (Fsp3) is 0.900. The van der Waals surface area contributed by atoms with Crippen LogP contribution in [0.4, 0.5) is 0 Å². The van der Waals surface area contributed by atoms with Crippen molar-refractivity contribution in [1.82, 2.24) is 5.32 Å². The molecular weight excluding hydrogens is 196 g/mol. The third kappa shape index (κ3) is 7.21. The van der Waals surface area contributed by atoms with Gasteiger partial charge in [0.05, 0.1) is 0 Å². The summed E-state index contributed by atoms with van der Waals surface area (Å²) in [4.78, 5) is 11.4. The van der Waals surface area contributed by atoms with Gasteiger partial charge in [0.2, 0.25) is 5.91 Å².